The molecule has 0 spiro atoms. The molecule has 0 radical (unpaired) electrons. The number of ketones is 1. The van der Waals surface area contributed by atoms with E-state index in [1.807, 2.05) is 36.4 Å². The highest BCUT2D eigenvalue weighted by molar-refractivity contribution is 5.97. The lowest BCUT2D eigenvalue weighted by Crippen LogP contribution is -2.05. The predicted octanol–water partition coefficient (Wildman–Crippen LogP) is 8.73. The first kappa shape index (κ1) is 26.1. The molecule has 0 N–H and O–H groups in total. The van der Waals surface area contributed by atoms with Crippen molar-refractivity contribution in [1.29, 1.82) is 5.26 Å². The number of allylic oxidation sites excluding steroid dienone is 5. The third kappa shape index (κ3) is 7.43. The van der Waals surface area contributed by atoms with Gasteiger partial charge in [-0.05, 0) is 97.9 Å². The van der Waals surface area contributed by atoms with Crippen molar-refractivity contribution >= 4 is 11.4 Å². The van der Waals surface area contributed by atoms with E-state index in [1.165, 1.54) is 27.8 Å². The minimum atomic E-state index is 0.193. The second-order valence-electron chi connectivity index (χ2n) is 8.61. The molecule has 0 fully saturated rings. The number of carbonyl (C=O) groups excluding carboxylic acids is 1. The van der Waals surface area contributed by atoms with Crippen LogP contribution in [0.2, 0.25) is 0 Å². The fraction of sp³-hybridized carbons (Fsp3) is 0.355. The first-order valence-electron chi connectivity index (χ1n) is 12.1. The lowest BCUT2D eigenvalue weighted by Gasteiger charge is -2.16. The monoisotopic (exact) mass is 439 g/mol. The van der Waals surface area contributed by atoms with Gasteiger partial charge in [0.25, 0.3) is 0 Å². The lowest BCUT2D eigenvalue weighted by molar-refractivity contribution is 0.0977. The summed E-state index contributed by atoms with van der Waals surface area (Å²) in [6, 6.07) is 16.0. The van der Waals surface area contributed by atoms with E-state index in [-0.39, 0.29) is 5.78 Å². The molecule has 0 aliphatic carbocycles. The molecule has 1 unspecified atom stereocenters. The largest absolute Gasteiger partial charge is 0.294 e. The molecule has 2 nitrogen and oxygen atoms in total. The number of Topliss-reactive ketones (excluding diaryl/α,β-unsaturated/α-hetero) is 1. The van der Waals surface area contributed by atoms with Crippen molar-refractivity contribution in [2.75, 3.05) is 0 Å². The van der Waals surface area contributed by atoms with Crippen LogP contribution in [0.3, 0.4) is 0 Å². The van der Waals surface area contributed by atoms with Gasteiger partial charge in [0.1, 0.15) is 0 Å². The molecule has 0 heterocycles. The van der Waals surface area contributed by atoms with Crippen LogP contribution < -0.4 is 0 Å². The minimum absolute atomic E-state index is 0.193. The van der Waals surface area contributed by atoms with Crippen molar-refractivity contribution in [3.8, 4) is 6.07 Å². The smallest absolute Gasteiger partial charge is 0.162 e. The fourth-order valence-electron chi connectivity index (χ4n) is 4.26. The average Bonchev–Trinajstić information content (AvgIpc) is 2.84. The van der Waals surface area contributed by atoms with E-state index in [9.17, 15) is 4.79 Å². The predicted molar refractivity (Wildman–Crippen MR) is 140 cm³/mol. The second-order valence-corrected chi connectivity index (χ2v) is 8.61. The SMILES string of the molecule is C=CCC/C=C/C(C)=C(\CC)c1cc(C(=O)CCC(CC)c2ccc(C#N)cc2)ccc1C. The highest BCUT2D eigenvalue weighted by Crippen LogP contribution is 2.29. The number of rotatable bonds is 12. The number of carbonyl (C=O) groups is 1. The minimum Gasteiger partial charge on any atom is -0.294 e. The summed E-state index contributed by atoms with van der Waals surface area (Å²) < 4.78 is 0. The Bertz CT molecular complexity index is 1050. The van der Waals surface area contributed by atoms with Crippen LogP contribution in [0.5, 0.6) is 0 Å². The van der Waals surface area contributed by atoms with Crippen molar-refractivity contribution in [2.45, 2.75) is 72.1 Å². The topological polar surface area (TPSA) is 40.9 Å². The van der Waals surface area contributed by atoms with Gasteiger partial charge in [-0.1, -0.05) is 56.3 Å². The standard InChI is InChI=1S/C31H37NO/c1-6-9-10-11-12-23(4)29(8-3)30-21-28(16-13-24(30)5)31(33)20-19-26(7-2)27-17-14-25(22-32)15-18-27/h6,11-18,21,26H,1,7-10,19-20H2,2-5H3/b12-11+,29-23+. The summed E-state index contributed by atoms with van der Waals surface area (Å²) in [5, 5.41) is 9.02. The van der Waals surface area contributed by atoms with Crippen molar-refractivity contribution in [3.63, 3.8) is 0 Å². The quantitative estimate of drug-likeness (QED) is 0.143. The Kier molecular flexibility index (Phi) is 10.6. The number of aryl methyl sites for hydroxylation is 1. The summed E-state index contributed by atoms with van der Waals surface area (Å²) in [7, 11) is 0. The summed E-state index contributed by atoms with van der Waals surface area (Å²) in [6.45, 7) is 12.4. The fourth-order valence-corrected chi connectivity index (χ4v) is 4.26. The summed E-state index contributed by atoms with van der Waals surface area (Å²) in [6.07, 6.45) is 11.5. The number of nitriles is 1. The van der Waals surface area contributed by atoms with Crippen LogP contribution >= 0.6 is 0 Å². The molecule has 0 amide bonds. The van der Waals surface area contributed by atoms with Crippen molar-refractivity contribution < 1.29 is 4.79 Å². The van der Waals surface area contributed by atoms with Crippen molar-refractivity contribution in [1.82, 2.24) is 0 Å². The Morgan fingerprint density at radius 1 is 1.12 bits per heavy atom. The molecule has 0 saturated heterocycles. The van der Waals surface area contributed by atoms with Gasteiger partial charge in [-0.3, -0.25) is 4.79 Å². The van der Waals surface area contributed by atoms with Crippen LogP contribution in [0, 0.1) is 18.3 Å². The summed E-state index contributed by atoms with van der Waals surface area (Å²) >= 11 is 0. The first-order chi connectivity index (χ1) is 15.9. The number of unbranched alkanes of at least 4 members (excludes halogenated alkanes) is 1. The van der Waals surface area contributed by atoms with E-state index in [1.54, 1.807) is 0 Å². The molecule has 0 aliphatic heterocycles. The van der Waals surface area contributed by atoms with Gasteiger partial charge in [-0.2, -0.15) is 5.26 Å². The molecule has 0 saturated carbocycles. The van der Waals surface area contributed by atoms with Crippen LogP contribution in [-0.2, 0) is 0 Å². The third-order valence-corrected chi connectivity index (χ3v) is 6.34. The number of hydrogen-bond acceptors (Lipinski definition) is 2. The van der Waals surface area contributed by atoms with Gasteiger partial charge in [0.05, 0.1) is 11.6 Å². The molecule has 2 heteroatoms. The van der Waals surface area contributed by atoms with Crippen LogP contribution in [0.1, 0.15) is 97.8 Å². The molecule has 0 aliphatic rings. The molecule has 1 atom stereocenters. The number of nitrogens with zero attached hydrogens (tertiary/aromatic N) is 1. The van der Waals surface area contributed by atoms with Crippen LogP contribution in [0.15, 0.2) is 72.8 Å². The van der Waals surface area contributed by atoms with Crippen LogP contribution in [0.25, 0.3) is 5.57 Å². The molecule has 2 aromatic rings. The maximum atomic E-state index is 13.1. The van der Waals surface area contributed by atoms with Gasteiger partial charge in [0.15, 0.2) is 5.78 Å². The van der Waals surface area contributed by atoms with Gasteiger partial charge in [-0.15, -0.1) is 6.58 Å². The van der Waals surface area contributed by atoms with Crippen LogP contribution in [-0.4, -0.2) is 5.78 Å². The molecular formula is C31H37NO. The Balaban J connectivity index is 2.19. The zero-order valence-corrected chi connectivity index (χ0v) is 20.7. The second kappa shape index (κ2) is 13.4. The lowest BCUT2D eigenvalue weighted by atomic mass is 9.88. The van der Waals surface area contributed by atoms with Gasteiger partial charge in [0.2, 0.25) is 0 Å². The maximum Gasteiger partial charge on any atom is 0.162 e. The molecular weight excluding hydrogens is 402 g/mol. The van der Waals surface area contributed by atoms with E-state index in [2.05, 4.69) is 64.6 Å². The molecule has 0 aromatic heterocycles. The number of hydrogen-bond donors (Lipinski definition) is 0. The van der Waals surface area contributed by atoms with Crippen molar-refractivity contribution in [2.24, 2.45) is 0 Å². The van der Waals surface area contributed by atoms with Gasteiger partial charge < -0.3 is 0 Å². The van der Waals surface area contributed by atoms with E-state index in [0.717, 1.165) is 37.7 Å². The average molecular weight is 440 g/mol. The number of benzene rings is 2. The Morgan fingerprint density at radius 3 is 2.45 bits per heavy atom. The Morgan fingerprint density at radius 2 is 1.85 bits per heavy atom. The van der Waals surface area contributed by atoms with E-state index in [4.69, 9.17) is 5.26 Å². The normalized spacial score (nSPS) is 12.8. The molecule has 2 rings (SSSR count). The Labute approximate surface area is 200 Å². The Hall–Kier alpha value is -3.18. The zero-order chi connectivity index (χ0) is 24.2. The zero-order valence-electron chi connectivity index (χ0n) is 20.7. The summed E-state index contributed by atoms with van der Waals surface area (Å²) in [5.41, 5.74) is 7.58. The summed E-state index contributed by atoms with van der Waals surface area (Å²) in [5.74, 6) is 0.513. The van der Waals surface area contributed by atoms with Gasteiger partial charge >= 0.3 is 0 Å². The van der Waals surface area contributed by atoms with E-state index >= 15 is 0 Å². The highest BCUT2D eigenvalue weighted by Gasteiger charge is 2.15. The molecule has 172 valence electrons. The first-order valence-corrected chi connectivity index (χ1v) is 12.1. The molecule has 2 aromatic carbocycles. The van der Waals surface area contributed by atoms with E-state index in [0.29, 0.717) is 17.9 Å². The van der Waals surface area contributed by atoms with Crippen LogP contribution in [0.4, 0.5) is 0 Å². The maximum absolute atomic E-state index is 13.1. The highest BCUT2D eigenvalue weighted by atomic mass is 16.1. The van der Waals surface area contributed by atoms with Gasteiger partial charge in [0, 0.05) is 12.0 Å². The third-order valence-electron chi connectivity index (χ3n) is 6.34. The molecule has 33 heavy (non-hydrogen) atoms. The van der Waals surface area contributed by atoms with Gasteiger partial charge in [-0.25, -0.2) is 0 Å². The van der Waals surface area contributed by atoms with Crippen molar-refractivity contribution in [3.05, 3.63) is 101 Å². The molecule has 0 bridgehead atoms. The van der Waals surface area contributed by atoms with E-state index < -0.39 is 0 Å². The summed E-state index contributed by atoms with van der Waals surface area (Å²) in [4.78, 5) is 13.1.